The van der Waals surface area contributed by atoms with Crippen LogP contribution in [0.5, 0.6) is 0 Å². The number of rotatable bonds is 9. The van der Waals surface area contributed by atoms with Gasteiger partial charge in [-0.2, -0.15) is 0 Å². The average Bonchev–Trinajstić information content (AvgIpc) is 1.66. The third kappa shape index (κ3) is 50.2. The van der Waals surface area contributed by atoms with Gasteiger partial charge in [0, 0.05) is 119 Å². The van der Waals surface area contributed by atoms with Crippen molar-refractivity contribution < 1.29 is 128 Å². The Labute approximate surface area is 601 Å². The van der Waals surface area contributed by atoms with E-state index in [1.165, 1.54) is 51.4 Å². The zero-order valence-electron chi connectivity index (χ0n) is 60.1. The molecule has 7 heterocycles. The number of nitrogens with one attached hydrogen (secondary N) is 1. The normalized spacial score (nSPS) is 23.8. The number of ketones is 1. The van der Waals surface area contributed by atoms with E-state index < -0.39 is 69.2 Å². The van der Waals surface area contributed by atoms with Crippen molar-refractivity contribution in [3.05, 3.63) is 25.8 Å². The maximum Gasteiger partial charge on any atom is 2.00 e. The minimum absolute atomic E-state index is 0. The summed E-state index contributed by atoms with van der Waals surface area (Å²) in [7, 11) is 3.21. The maximum absolute atomic E-state index is 12.0. The first-order valence-corrected chi connectivity index (χ1v) is 32.1. The molecular weight excluding hydrogens is 1330 g/mol. The fourth-order valence-electron chi connectivity index (χ4n) is 8.52. The number of methoxy groups -OCH3 is 2. The van der Waals surface area contributed by atoms with Crippen molar-refractivity contribution in [1.29, 1.82) is 0 Å². The van der Waals surface area contributed by atoms with Gasteiger partial charge in [-0.25, -0.2) is 19.2 Å². The number of aliphatic hydroxyl groups excluding tert-OH is 1. The quantitative estimate of drug-likeness (QED) is 0.0834. The zero-order chi connectivity index (χ0) is 70.8. The van der Waals surface area contributed by atoms with Gasteiger partial charge in [-0.15, -0.1) is 6.58 Å². The number of carbonyl (C=O) groups excluding carboxylic acids is 5. The summed E-state index contributed by atoms with van der Waals surface area (Å²) in [4.78, 5) is 64.4. The van der Waals surface area contributed by atoms with Crippen LogP contribution in [-0.2, 0) is 66.4 Å². The Hall–Kier alpha value is -3.12. The molecule has 7 rings (SSSR count). The number of nitrogens with zero attached hydrogens (tertiary/aromatic N) is 4. The van der Waals surface area contributed by atoms with Crippen molar-refractivity contribution in [3.63, 3.8) is 0 Å². The van der Waals surface area contributed by atoms with Crippen LogP contribution in [0.3, 0.4) is 0 Å². The second-order valence-corrected chi connectivity index (χ2v) is 27.2. The standard InChI is InChI=1S/C13H25NO5.C12H23NO5.C12H21NO4.C10H17NO4.C8H17NO3.2C4H8O.C2H3.CH4.BrH.Mg/c1-12(2,3)19-11(15)14-6-8-18-10-13(16,9-14)5-7-17-4;1-11(2,3)18-10(15)13-5-7-17-9-12(16,8-13)4-6-14;1-5-12(15)8-13(6-7-16-9-12)10(14)17-11(2,3)4;1-10(2,3)15-9(13)11-4-5-14-7-8(12)6-11;1-11-4-2-8(10)6-9-3-5-12-7-8;2*1-2-4-5-3-1;1-2;;;/h16H,5-10H2,1-4H3;14,16H,4-9H2,1-3H3;5,15H,1,6-9H2,2-4H3;4-7H2,1-3H3;9-10H,2-7H2,1H3;2*1-4H2;1H,2H2;1H4;1H;/q;;;;;;;-1;;;+2/p-1. The molecule has 96 heavy (non-hydrogen) atoms. The number of hydrogen-bond acceptors (Lipinski definition) is 24. The smallest absolute Gasteiger partial charge is 1.00 e. The van der Waals surface area contributed by atoms with Gasteiger partial charge in [-0.05, 0) is 109 Å². The van der Waals surface area contributed by atoms with Gasteiger partial charge >= 0.3 is 47.4 Å². The summed E-state index contributed by atoms with van der Waals surface area (Å²) in [6.45, 7) is 43.7. The van der Waals surface area contributed by atoms with Crippen LogP contribution in [0.1, 0.15) is 135 Å². The molecule has 7 aliphatic rings. The van der Waals surface area contributed by atoms with Gasteiger partial charge in [0.1, 0.15) is 51.4 Å². The second-order valence-electron chi connectivity index (χ2n) is 27.2. The molecule has 4 unspecified atom stereocenters. The number of hydrogen-bond donors (Lipinski definition) is 6. The summed E-state index contributed by atoms with van der Waals surface area (Å²) in [5, 5.41) is 52.7. The van der Waals surface area contributed by atoms with Gasteiger partial charge in [0.25, 0.3) is 0 Å². The number of Topliss-reactive ketones (excluding diaryl/α,β-unsaturated/α-hetero) is 1. The van der Waals surface area contributed by atoms with E-state index in [2.05, 4.69) is 25.1 Å². The predicted octanol–water partition coefficient (Wildman–Crippen LogP) is 2.21. The molecule has 28 nitrogen and oxygen atoms in total. The SMILES string of the molecule is C.C1CCOC1.C1CCOC1.C=CC1(O)COCCN(C(=O)OC(C)(C)C)C1.CC(C)(C)OC(=O)N1CCOCC(=O)C1.CC(C)(C)OC(=O)N1CCOCC(O)(CCO)C1.COCCC1(O)CNCCOC1.COCCC1(O)COCCN(C(=O)OC(C)(C)C)C1.[Br-].[CH-]=C.[Mg+2]. The molecule has 30 heteroatoms. The first-order chi connectivity index (χ1) is 43.4. The summed E-state index contributed by atoms with van der Waals surface area (Å²) in [5.41, 5.74) is -6.43. The zero-order valence-corrected chi connectivity index (χ0v) is 63.1. The minimum atomic E-state index is -1.21. The van der Waals surface area contributed by atoms with Crippen LogP contribution in [0.4, 0.5) is 19.2 Å². The molecule has 6 N–H and O–H groups in total. The van der Waals surface area contributed by atoms with Gasteiger partial charge in [-0.3, -0.25) is 16.3 Å². The van der Waals surface area contributed by atoms with Gasteiger partial charge < -0.3 is 131 Å². The average molecular weight is 1460 g/mol. The van der Waals surface area contributed by atoms with Crippen LogP contribution in [0.25, 0.3) is 0 Å². The monoisotopic (exact) mass is 1460 g/mol. The Morgan fingerprint density at radius 1 is 0.521 bits per heavy atom. The summed E-state index contributed by atoms with van der Waals surface area (Å²) < 4.78 is 66.9. The Balaban J connectivity index is -0.000000525. The molecule has 0 radical (unpaired) electrons. The van der Waals surface area contributed by atoms with Crippen LogP contribution < -0.4 is 22.3 Å². The summed E-state index contributed by atoms with van der Waals surface area (Å²) in [5.74, 6) is -0.0987. The molecule has 0 aromatic carbocycles. The first kappa shape index (κ1) is 99.3. The largest absolute Gasteiger partial charge is 2.00 e. The van der Waals surface area contributed by atoms with E-state index in [1.807, 2.05) is 20.8 Å². The van der Waals surface area contributed by atoms with E-state index in [4.69, 9.17) is 66.7 Å². The second kappa shape index (κ2) is 51.9. The number of β-amino-alcohol motifs (C(OH)–C–C–N with tert-alkyl or cyclic N) is 4. The number of carbonyl (C=O) groups is 5. The molecule has 4 amide bonds. The maximum atomic E-state index is 12.0. The van der Waals surface area contributed by atoms with Crippen LogP contribution in [0, 0.1) is 6.58 Å². The van der Waals surface area contributed by atoms with Crippen LogP contribution >= 0.6 is 0 Å². The molecule has 4 atom stereocenters. The summed E-state index contributed by atoms with van der Waals surface area (Å²) >= 11 is 0. The third-order valence-corrected chi connectivity index (χ3v) is 13.2. The van der Waals surface area contributed by atoms with E-state index in [0.29, 0.717) is 98.4 Å². The van der Waals surface area contributed by atoms with E-state index in [1.54, 1.807) is 76.5 Å². The van der Waals surface area contributed by atoms with E-state index in [9.17, 15) is 44.4 Å². The first-order valence-electron chi connectivity index (χ1n) is 32.1. The van der Waals surface area contributed by atoms with Crippen molar-refractivity contribution in [3.8, 4) is 0 Å². The molecule has 7 fully saturated rings. The van der Waals surface area contributed by atoms with Crippen molar-refractivity contribution in [2.24, 2.45) is 0 Å². The Bertz CT molecular complexity index is 2040. The molecule has 0 aromatic heterocycles. The summed E-state index contributed by atoms with van der Waals surface area (Å²) in [6.07, 6.45) is 5.93. The molecule has 0 bridgehead atoms. The molecule has 0 aliphatic carbocycles. The van der Waals surface area contributed by atoms with Crippen LogP contribution in [-0.4, -0.2) is 335 Å². The van der Waals surface area contributed by atoms with Crippen molar-refractivity contribution in [2.45, 2.75) is 180 Å². The third-order valence-electron chi connectivity index (χ3n) is 13.2. The van der Waals surface area contributed by atoms with E-state index in [-0.39, 0.29) is 119 Å². The Morgan fingerprint density at radius 2 is 0.854 bits per heavy atom. The topological polar surface area (TPSA) is 331 Å². The van der Waals surface area contributed by atoms with Crippen LogP contribution in [0.15, 0.2) is 19.2 Å². The predicted molar refractivity (Wildman–Crippen MR) is 360 cm³/mol. The van der Waals surface area contributed by atoms with Gasteiger partial charge in [0.15, 0.2) is 5.78 Å². The minimum Gasteiger partial charge on any atom is -1.00 e. The summed E-state index contributed by atoms with van der Waals surface area (Å²) in [6, 6.07) is 0. The molecule has 562 valence electrons. The van der Waals surface area contributed by atoms with E-state index in [0.717, 1.165) is 33.0 Å². The fraction of sp³-hybridized carbons (Fsp3) is 0.864. The molecule has 7 saturated heterocycles. The Morgan fingerprint density at radius 3 is 1.22 bits per heavy atom. The Kier molecular flexibility index (Phi) is 53.7. The van der Waals surface area contributed by atoms with E-state index >= 15 is 0 Å². The molecule has 0 spiro atoms. The molecule has 0 saturated carbocycles. The molecular formula is C66H126BrMgN5O23. The van der Waals surface area contributed by atoms with Gasteiger partial charge in [-0.1, -0.05) is 13.5 Å². The molecule has 7 aliphatic heterocycles. The van der Waals surface area contributed by atoms with Crippen LogP contribution in [0.2, 0.25) is 0 Å². The molecule has 0 aromatic rings. The van der Waals surface area contributed by atoms with Crippen molar-refractivity contribution in [2.75, 3.05) is 192 Å². The number of amides is 4. The number of ether oxygens (including phenoxy) is 13. The van der Waals surface area contributed by atoms with Crippen molar-refractivity contribution in [1.82, 2.24) is 24.9 Å². The number of aliphatic hydroxyl groups is 5. The van der Waals surface area contributed by atoms with Gasteiger partial charge in [0.05, 0.1) is 85.6 Å². The number of halogens is 1. The fourth-order valence-corrected chi connectivity index (χ4v) is 8.52. The van der Waals surface area contributed by atoms with Gasteiger partial charge in [0.2, 0.25) is 0 Å². The van der Waals surface area contributed by atoms with Crippen molar-refractivity contribution >= 4 is 53.2 Å².